The maximum Gasteiger partial charge on any atom is 0.341 e. The molecule has 0 saturated carbocycles. The van der Waals surface area contributed by atoms with Crippen LogP contribution in [-0.4, -0.2) is 47.9 Å². The molecular weight excluding hydrogens is 488 g/mol. The number of hydrogen-bond donors (Lipinski definition) is 1. The Labute approximate surface area is 198 Å². The van der Waals surface area contributed by atoms with Crippen LogP contribution >= 0.6 is 0 Å². The SMILES string of the molecule is CN(Cc1ccc(OCC(=O)O)c(-c2ccc(F)c(S(C)=O)c2)c1)S(=O)(=O)c1ccc(F)cc1. The van der Waals surface area contributed by atoms with Crippen molar-refractivity contribution in [3.8, 4) is 16.9 Å². The molecule has 0 radical (unpaired) electrons. The summed E-state index contributed by atoms with van der Waals surface area (Å²) in [5.74, 6) is -2.24. The highest BCUT2D eigenvalue weighted by atomic mass is 32.2. The van der Waals surface area contributed by atoms with Crippen LogP contribution in [0.15, 0.2) is 70.5 Å². The van der Waals surface area contributed by atoms with E-state index in [1.54, 1.807) is 12.1 Å². The lowest BCUT2D eigenvalue weighted by Crippen LogP contribution is -2.26. The molecule has 0 aliphatic carbocycles. The Bertz CT molecular complexity index is 1340. The molecule has 0 bridgehead atoms. The van der Waals surface area contributed by atoms with Gasteiger partial charge in [0.15, 0.2) is 6.61 Å². The molecule has 0 aliphatic heterocycles. The van der Waals surface area contributed by atoms with Crippen molar-refractivity contribution < 1.29 is 36.0 Å². The van der Waals surface area contributed by atoms with Crippen molar-refractivity contribution in [3.63, 3.8) is 0 Å². The van der Waals surface area contributed by atoms with Gasteiger partial charge in [-0.25, -0.2) is 22.0 Å². The molecule has 0 spiro atoms. The molecule has 3 aromatic carbocycles. The highest BCUT2D eigenvalue weighted by molar-refractivity contribution is 7.89. The Morgan fingerprint density at radius 3 is 2.35 bits per heavy atom. The van der Waals surface area contributed by atoms with E-state index in [1.807, 2.05) is 0 Å². The molecule has 1 unspecified atom stereocenters. The average molecular weight is 510 g/mol. The van der Waals surface area contributed by atoms with Gasteiger partial charge in [-0.15, -0.1) is 0 Å². The highest BCUT2D eigenvalue weighted by Gasteiger charge is 2.22. The maximum absolute atomic E-state index is 14.1. The molecule has 0 amide bonds. The number of carboxylic acids is 1. The number of benzene rings is 3. The Kier molecular flexibility index (Phi) is 7.80. The first-order chi connectivity index (χ1) is 16.0. The summed E-state index contributed by atoms with van der Waals surface area (Å²) in [4.78, 5) is 10.9. The van der Waals surface area contributed by atoms with Gasteiger partial charge in [-0.2, -0.15) is 4.31 Å². The number of ether oxygens (including phenoxy) is 1. The van der Waals surface area contributed by atoms with E-state index in [4.69, 9.17) is 9.84 Å². The zero-order valence-electron chi connectivity index (χ0n) is 18.2. The van der Waals surface area contributed by atoms with Crippen molar-refractivity contribution >= 4 is 26.8 Å². The molecular formula is C23H21F2NO6S2. The van der Waals surface area contributed by atoms with Crippen LogP contribution in [0, 0.1) is 11.6 Å². The van der Waals surface area contributed by atoms with Crippen LogP contribution in [0.3, 0.4) is 0 Å². The summed E-state index contributed by atoms with van der Waals surface area (Å²) >= 11 is 0. The zero-order valence-corrected chi connectivity index (χ0v) is 19.8. The minimum atomic E-state index is -3.92. The minimum absolute atomic E-state index is 0.0388. The van der Waals surface area contributed by atoms with Gasteiger partial charge in [0.1, 0.15) is 17.4 Å². The number of carboxylic acid groups (broad SMARTS) is 1. The molecule has 7 nitrogen and oxygen atoms in total. The van der Waals surface area contributed by atoms with Crippen molar-refractivity contribution in [2.45, 2.75) is 16.3 Å². The van der Waals surface area contributed by atoms with Gasteiger partial charge in [0, 0.05) is 25.4 Å². The predicted molar refractivity (Wildman–Crippen MR) is 122 cm³/mol. The van der Waals surface area contributed by atoms with E-state index in [2.05, 4.69) is 0 Å². The van der Waals surface area contributed by atoms with Gasteiger partial charge in [0.05, 0.1) is 20.6 Å². The fourth-order valence-electron chi connectivity index (χ4n) is 3.19. The summed E-state index contributed by atoms with van der Waals surface area (Å²) in [6, 6.07) is 13.0. The highest BCUT2D eigenvalue weighted by Crippen LogP contribution is 2.33. The Hall–Kier alpha value is -3.15. The molecule has 0 heterocycles. The van der Waals surface area contributed by atoms with Crippen molar-refractivity contribution in [1.29, 1.82) is 0 Å². The lowest BCUT2D eigenvalue weighted by molar-refractivity contribution is -0.139. The maximum atomic E-state index is 14.1. The largest absolute Gasteiger partial charge is 0.481 e. The number of halogens is 2. The van der Waals surface area contributed by atoms with Crippen molar-refractivity contribution in [2.24, 2.45) is 0 Å². The van der Waals surface area contributed by atoms with Gasteiger partial charge in [-0.3, -0.25) is 4.21 Å². The molecule has 1 atom stereocenters. The molecule has 11 heteroatoms. The predicted octanol–water partition coefficient (Wildman–Crippen LogP) is 3.65. The monoisotopic (exact) mass is 509 g/mol. The van der Waals surface area contributed by atoms with Crippen molar-refractivity contribution in [3.05, 3.63) is 77.9 Å². The van der Waals surface area contributed by atoms with Crippen molar-refractivity contribution in [1.82, 2.24) is 4.31 Å². The fraction of sp³-hybridized carbons (Fsp3) is 0.174. The van der Waals surface area contributed by atoms with Gasteiger partial charge in [0.25, 0.3) is 0 Å². The van der Waals surface area contributed by atoms with E-state index in [9.17, 15) is 26.2 Å². The first-order valence-electron chi connectivity index (χ1n) is 9.82. The van der Waals surface area contributed by atoms with E-state index < -0.39 is 45.0 Å². The average Bonchev–Trinajstić information content (AvgIpc) is 2.78. The summed E-state index contributed by atoms with van der Waals surface area (Å²) in [6.07, 6.45) is 1.33. The smallest absolute Gasteiger partial charge is 0.341 e. The quantitative estimate of drug-likeness (QED) is 0.473. The Morgan fingerprint density at radius 1 is 1.06 bits per heavy atom. The van der Waals surface area contributed by atoms with Gasteiger partial charge < -0.3 is 9.84 Å². The molecule has 3 rings (SSSR count). The standard InChI is InChI=1S/C23H21F2NO6S2/c1-26(34(30,31)18-7-5-17(24)6-8-18)13-15-3-10-21(32-14-23(27)28)19(11-15)16-4-9-20(25)22(12-16)33(2)29/h3-12H,13-14H2,1-2H3,(H,27,28). The third kappa shape index (κ3) is 5.85. The lowest BCUT2D eigenvalue weighted by atomic mass is 10.0. The molecule has 3 aromatic rings. The van der Waals surface area contributed by atoms with Crippen molar-refractivity contribution in [2.75, 3.05) is 19.9 Å². The second-order valence-corrected chi connectivity index (χ2v) is 10.7. The normalized spacial score (nSPS) is 12.5. The lowest BCUT2D eigenvalue weighted by Gasteiger charge is -2.19. The summed E-state index contributed by atoms with van der Waals surface area (Å²) in [7, 11) is -4.17. The van der Waals surface area contributed by atoms with Gasteiger partial charge in [-0.05, 0) is 59.7 Å². The second kappa shape index (κ2) is 10.4. The molecule has 1 N–H and O–H groups in total. The van der Waals surface area contributed by atoms with E-state index in [0.29, 0.717) is 16.7 Å². The third-order valence-electron chi connectivity index (χ3n) is 4.87. The Morgan fingerprint density at radius 2 is 1.74 bits per heavy atom. The Balaban J connectivity index is 2.00. The summed E-state index contributed by atoms with van der Waals surface area (Å²) in [5, 5.41) is 8.97. The van der Waals surface area contributed by atoms with Gasteiger partial charge in [0.2, 0.25) is 10.0 Å². The summed E-state index contributed by atoms with van der Waals surface area (Å²) in [5.41, 5.74) is 1.31. The molecule has 34 heavy (non-hydrogen) atoms. The van der Waals surface area contributed by atoms with Crippen LogP contribution in [0.25, 0.3) is 11.1 Å². The van der Waals surface area contributed by atoms with E-state index >= 15 is 0 Å². The molecule has 0 aromatic heterocycles. The van der Waals surface area contributed by atoms with E-state index in [1.165, 1.54) is 43.6 Å². The zero-order chi connectivity index (χ0) is 25.0. The molecule has 0 fully saturated rings. The van der Waals surface area contributed by atoms with Crippen LogP contribution in [0.5, 0.6) is 5.75 Å². The fourth-order valence-corrected chi connectivity index (χ4v) is 4.98. The number of rotatable bonds is 9. The number of sulfonamides is 1. The van der Waals surface area contributed by atoms with Crippen LogP contribution < -0.4 is 4.74 Å². The molecule has 0 saturated heterocycles. The first-order valence-corrected chi connectivity index (χ1v) is 12.8. The number of aliphatic carboxylic acids is 1. The summed E-state index contributed by atoms with van der Waals surface area (Å²) in [6.45, 7) is -0.696. The third-order valence-corrected chi connectivity index (χ3v) is 7.62. The topological polar surface area (TPSA) is 101 Å². The van der Waals surface area contributed by atoms with Gasteiger partial charge in [-0.1, -0.05) is 12.1 Å². The second-order valence-electron chi connectivity index (χ2n) is 7.33. The van der Waals surface area contributed by atoms with E-state index in [0.717, 1.165) is 22.5 Å². The molecule has 180 valence electrons. The van der Waals surface area contributed by atoms with Crippen LogP contribution in [0.1, 0.15) is 5.56 Å². The van der Waals surface area contributed by atoms with Gasteiger partial charge >= 0.3 is 5.97 Å². The van der Waals surface area contributed by atoms with Crippen LogP contribution in [-0.2, 0) is 32.2 Å². The number of nitrogens with zero attached hydrogens (tertiary/aromatic N) is 1. The first kappa shape index (κ1) is 25.5. The van der Waals surface area contributed by atoms with E-state index in [-0.39, 0.29) is 22.1 Å². The van der Waals surface area contributed by atoms with Crippen LogP contribution in [0.4, 0.5) is 8.78 Å². The number of hydrogen-bond acceptors (Lipinski definition) is 5. The minimum Gasteiger partial charge on any atom is -0.481 e. The molecule has 0 aliphatic rings. The van der Waals surface area contributed by atoms with Crippen LogP contribution in [0.2, 0.25) is 0 Å². The number of carbonyl (C=O) groups is 1. The summed E-state index contributed by atoms with van der Waals surface area (Å²) < 4.78 is 71.3.